The summed E-state index contributed by atoms with van der Waals surface area (Å²) in [6, 6.07) is 8.25. The van der Waals surface area contributed by atoms with Crippen molar-refractivity contribution >= 4 is 52.3 Å². The lowest BCUT2D eigenvalue weighted by atomic mass is 10.2. The van der Waals surface area contributed by atoms with Crippen LogP contribution in [-0.4, -0.2) is 22.8 Å². The Kier molecular flexibility index (Phi) is 5.33. The number of amides is 1. The molecule has 0 aliphatic carbocycles. The topological polar surface area (TPSA) is 33.2 Å². The zero-order valence-corrected chi connectivity index (χ0v) is 13.9. The first-order valence-electron chi connectivity index (χ1n) is 5.90. The van der Waals surface area contributed by atoms with Gasteiger partial charge in [0.05, 0.1) is 15.1 Å². The second-order valence-corrected chi connectivity index (χ2v) is 5.98. The van der Waals surface area contributed by atoms with Crippen LogP contribution >= 0.6 is 46.4 Å². The molecule has 0 aliphatic heterocycles. The third kappa shape index (κ3) is 4.01. The third-order valence-corrected chi connectivity index (χ3v) is 4.02. The molecule has 7 heteroatoms. The first-order chi connectivity index (χ1) is 9.88. The third-order valence-electron chi connectivity index (χ3n) is 2.77. The SMILES string of the molecule is CN(Cc1ccc(Cl)c(Cl)c1)C(=O)c1nc(Cl)ccc1Cl. The van der Waals surface area contributed by atoms with E-state index < -0.39 is 0 Å². The normalized spacial score (nSPS) is 10.5. The van der Waals surface area contributed by atoms with E-state index in [1.807, 2.05) is 0 Å². The van der Waals surface area contributed by atoms with Crippen LogP contribution < -0.4 is 0 Å². The number of carbonyl (C=O) groups is 1. The molecule has 0 unspecified atom stereocenters. The van der Waals surface area contributed by atoms with Gasteiger partial charge < -0.3 is 4.90 Å². The Morgan fingerprint density at radius 2 is 1.71 bits per heavy atom. The van der Waals surface area contributed by atoms with Crippen molar-refractivity contribution in [3.05, 3.63) is 61.8 Å². The van der Waals surface area contributed by atoms with Crippen molar-refractivity contribution in [2.45, 2.75) is 6.54 Å². The minimum absolute atomic E-state index is 0.117. The van der Waals surface area contributed by atoms with E-state index in [-0.39, 0.29) is 21.8 Å². The highest BCUT2D eigenvalue weighted by molar-refractivity contribution is 6.42. The zero-order valence-electron chi connectivity index (χ0n) is 10.9. The molecule has 0 saturated heterocycles. The summed E-state index contributed by atoms with van der Waals surface area (Å²) in [7, 11) is 1.64. The molecular formula is C14H10Cl4N2O. The Bertz CT molecular complexity index is 691. The molecule has 1 aromatic carbocycles. The molecule has 1 amide bonds. The number of halogens is 4. The first kappa shape index (κ1) is 16.4. The van der Waals surface area contributed by atoms with Crippen LogP contribution in [0.4, 0.5) is 0 Å². The predicted molar refractivity (Wildman–Crippen MR) is 86.5 cm³/mol. The highest BCUT2D eigenvalue weighted by atomic mass is 35.5. The van der Waals surface area contributed by atoms with Crippen molar-refractivity contribution in [3.8, 4) is 0 Å². The minimum atomic E-state index is -0.325. The van der Waals surface area contributed by atoms with E-state index in [9.17, 15) is 4.79 Å². The van der Waals surface area contributed by atoms with E-state index in [0.717, 1.165) is 5.56 Å². The van der Waals surface area contributed by atoms with Gasteiger partial charge >= 0.3 is 0 Å². The largest absolute Gasteiger partial charge is 0.336 e. The van der Waals surface area contributed by atoms with Gasteiger partial charge in [0.15, 0.2) is 0 Å². The van der Waals surface area contributed by atoms with Gasteiger partial charge in [-0.15, -0.1) is 0 Å². The number of hydrogen-bond acceptors (Lipinski definition) is 2. The average Bonchev–Trinajstić information content (AvgIpc) is 2.44. The number of pyridine rings is 1. The molecule has 0 saturated carbocycles. The van der Waals surface area contributed by atoms with E-state index in [0.29, 0.717) is 16.6 Å². The summed E-state index contributed by atoms with van der Waals surface area (Å²) in [6.07, 6.45) is 0. The number of hydrogen-bond donors (Lipinski definition) is 0. The van der Waals surface area contributed by atoms with Gasteiger partial charge in [0.2, 0.25) is 0 Å². The lowest BCUT2D eigenvalue weighted by Crippen LogP contribution is -2.27. The highest BCUT2D eigenvalue weighted by Crippen LogP contribution is 2.24. The lowest BCUT2D eigenvalue weighted by molar-refractivity contribution is 0.0779. The van der Waals surface area contributed by atoms with Crippen LogP contribution in [0.5, 0.6) is 0 Å². The summed E-state index contributed by atoms with van der Waals surface area (Å²) in [4.78, 5) is 17.8. The summed E-state index contributed by atoms with van der Waals surface area (Å²) in [5, 5.41) is 1.37. The Balaban J connectivity index is 2.19. The molecule has 0 atom stereocenters. The molecule has 1 heterocycles. The van der Waals surface area contributed by atoms with Crippen molar-refractivity contribution in [1.29, 1.82) is 0 Å². The number of aromatic nitrogens is 1. The molecule has 3 nitrogen and oxygen atoms in total. The maximum absolute atomic E-state index is 12.3. The smallest absolute Gasteiger partial charge is 0.274 e. The molecule has 2 aromatic rings. The van der Waals surface area contributed by atoms with Crippen LogP contribution in [0.25, 0.3) is 0 Å². The number of benzene rings is 1. The van der Waals surface area contributed by atoms with Gasteiger partial charge in [-0.1, -0.05) is 52.5 Å². The standard InChI is InChI=1S/C14H10Cl4N2O/c1-20(7-8-2-3-9(15)11(17)6-8)14(21)13-10(16)4-5-12(18)19-13/h2-6H,7H2,1H3. The van der Waals surface area contributed by atoms with Crippen LogP contribution in [0.3, 0.4) is 0 Å². The summed E-state index contributed by atoms with van der Waals surface area (Å²) in [6.45, 7) is 0.347. The molecule has 110 valence electrons. The van der Waals surface area contributed by atoms with Crippen LogP contribution in [0.2, 0.25) is 20.2 Å². The number of rotatable bonds is 3. The van der Waals surface area contributed by atoms with E-state index >= 15 is 0 Å². The fraction of sp³-hybridized carbons (Fsp3) is 0.143. The lowest BCUT2D eigenvalue weighted by Gasteiger charge is -2.17. The van der Waals surface area contributed by atoms with E-state index in [2.05, 4.69) is 4.98 Å². The van der Waals surface area contributed by atoms with Crippen molar-refractivity contribution < 1.29 is 4.79 Å². The molecule has 0 fully saturated rings. The first-order valence-corrected chi connectivity index (χ1v) is 7.41. The monoisotopic (exact) mass is 362 g/mol. The molecule has 2 rings (SSSR count). The number of nitrogens with zero attached hydrogens (tertiary/aromatic N) is 2. The minimum Gasteiger partial charge on any atom is -0.336 e. The fourth-order valence-electron chi connectivity index (χ4n) is 1.73. The Hall–Kier alpha value is -1.000. The molecular weight excluding hydrogens is 354 g/mol. The molecule has 0 bridgehead atoms. The maximum atomic E-state index is 12.3. The fourth-order valence-corrected chi connectivity index (χ4v) is 2.39. The number of carbonyl (C=O) groups excluding carboxylic acids is 1. The van der Waals surface area contributed by atoms with Gasteiger partial charge in [-0.25, -0.2) is 4.98 Å². The van der Waals surface area contributed by atoms with Gasteiger partial charge in [-0.2, -0.15) is 0 Å². The van der Waals surface area contributed by atoms with Gasteiger partial charge in [0.1, 0.15) is 10.8 Å². The van der Waals surface area contributed by atoms with Crippen molar-refractivity contribution in [2.24, 2.45) is 0 Å². The molecule has 0 spiro atoms. The van der Waals surface area contributed by atoms with Gasteiger partial charge in [0, 0.05) is 13.6 Å². The maximum Gasteiger partial charge on any atom is 0.274 e. The quantitative estimate of drug-likeness (QED) is 0.721. The highest BCUT2D eigenvalue weighted by Gasteiger charge is 2.18. The van der Waals surface area contributed by atoms with Crippen LogP contribution in [0, 0.1) is 0 Å². The van der Waals surface area contributed by atoms with Crippen molar-refractivity contribution in [3.63, 3.8) is 0 Å². The van der Waals surface area contributed by atoms with Crippen LogP contribution in [0.15, 0.2) is 30.3 Å². The van der Waals surface area contributed by atoms with Gasteiger partial charge in [-0.05, 0) is 29.8 Å². The van der Waals surface area contributed by atoms with E-state index in [4.69, 9.17) is 46.4 Å². The van der Waals surface area contributed by atoms with E-state index in [1.54, 1.807) is 25.2 Å². The Labute approximate surface area is 142 Å². The van der Waals surface area contributed by atoms with Crippen LogP contribution in [-0.2, 0) is 6.54 Å². The molecule has 0 aliphatic rings. The summed E-state index contributed by atoms with van der Waals surface area (Å²) in [5.74, 6) is -0.325. The van der Waals surface area contributed by atoms with Crippen LogP contribution in [0.1, 0.15) is 16.1 Å². The second-order valence-electron chi connectivity index (χ2n) is 4.37. The van der Waals surface area contributed by atoms with Crippen molar-refractivity contribution in [2.75, 3.05) is 7.05 Å². The predicted octanol–water partition coefficient (Wildman–Crippen LogP) is 4.97. The van der Waals surface area contributed by atoms with E-state index in [1.165, 1.54) is 17.0 Å². The molecule has 0 radical (unpaired) electrons. The zero-order chi connectivity index (χ0) is 15.6. The summed E-state index contributed by atoms with van der Waals surface area (Å²) < 4.78 is 0. The van der Waals surface area contributed by atoms with Gasteiger partial charge in [0.25, 0.3) is 5.91 Å². The molecule has 21 heavy (non-hydrogen) atoms. The second kappa shape index (κ2) is 6.84. The van der Waals surface area contributed by atoms with Crippen molar-refractivity contribution in [1.82, 2.24) is 9.88 Å². The molecule has 1 aromatic heterocycles. The van der Waals surface area contributed by atoms with Gasteiger partial charge in [-0.3, -0.25) is 4.79 Å². The summed E-state index contributed by atoms with van der Waals surface area (Å²) in [5.41, 5.74) is 0.963. The average molecular weight is 364 g/mol. The molecule has 0 N–H and O–H groups in total. The Morgan fingerprint density at radius 3 is 2.38 bits per heavy atom. The summed E-state index contributed by atoms with van der Waals surface area (Å²) >= 11 is 23.6. The Morgan fingerprint density at radius 1 is 1.05 bits per heavy atom.